The van der Waals surface area contributed by atoms with Gasteiger partial charge in [-0.3, -0.25) is 4.79 Å². The molecular formula is C15H12FNO3. The largest absolute Gasteiger partial charge is 0.465 e. The predicted molar refractivity (Wildman–Crippen MR) is 72.9 cm³/mol. The molecule has 0 aliphatic carbocycles. The molecule has 2 aromatic carbocycles. The van der Waals surface area contributed by atoms with Crippen LogP contribution in [0.2, 0.25) is 0 Å². The van der Waals surface area contributed by atoms with Crippen LogP contribution in [0.5, 0.6) is 0 Å². The summed E-state index contributed by atoms with van der Waals surface area (Å²) in [6, 6.07) is 11.2. The summed E-state index contributed by atoms with van der Waals surface area (Å²) in [7, 11) is 1.20. The molecule has 0 bridgehead atoms. The van der Waals surface area contributed by atoms with E-state index in [1.807, 2.05) is 0 Å². The van der Waals surface area contributed by atoms with Crippen molar-refractivity contribution in [2.45, 2.75) is 0 Å². The molecular weight excluding hydrogens is 261 g/mol. The number of nitrogens with one attached hydrogen (secondary N) is 1. The lowest BCUT2D eigenvalue weighted by atomic mass is 10.0. The number of methoxy groups -OCH3 is 1. The van der Waals surface area contributed by atoms with Gasteiger partial charge in [0, 0.05) is 5.69 Å². The number of esters is 1. The van der Waals surface area contributed by atoms with E-state index in [-0.39, 0.29) is 5.56 Å². The first kappa shape index (κ1) is 13.7. The fourth-order valence-electron chi connectivity index (χ4n) is 1.80. The Kier molecular flexibility index (Phi) is 4.10. The maximum atomic E-state index is 13.8. The number of amides is 1. The highest BCUT2D eigenvalue weighted by Crippen LogP contribution is 2.23. The van der Waals surface area contributed by atoms with E-state index >= 15 is 0 Å². The SMILES string of the molecule is COC(=O)c1ccc(-c2ccc(NC=O)cc2)cc1F. The number of ether oxygens (including phenoxy) is 1. The van der Waals surface area contributed by atoms with Gasteiger partial charge in [0.25, 0.3) is 0 Å². The number of carbonyl (C=O) groups excluding carboxylic acids is 2. The van der Waals surface area contributed by atoms with Crippen molar-refractivity contribution in [2.24, 2.45) is 0 Å². The Morgan fingerprint density at radius 2 is 1.80 bits per heavy atom. The monoisotopic (exact) mass is 273 g/mol. The third-order valence-electron chi connectivity index (χ3n) is 2.82. The molecule has 2 rings (SSSR count). The van der Waals surface area contributed by atoms with E-state index in [0.717, 1.165) is 5.56 Å². The predicted octanol–water partition coefficient (Wildman–Crippen LogP) is 2.85. The Bertz CT molecular complexity index is 638. The van der Waals surface area contributed by atoms with E-state index in [0.29, 0.717) is 17.7 Å². The summed E-state index contributed by atoms with van der Waals surface area (Å²) >= 11 is 0. The van der Waals surface area contributed by atoms with Gasteiger partial charge in [0.1, 0.15) is 5.82 Å². The quantitative estimate of drug-likeness (QED) is 0.688. The van der Waals surface area contributed by atoms with Crippen LogP contribution in [0.25, 0.3) is 11.1 Å². The average molecular weight is 273 g/mol. The molecule has 0 atom stereocenters. The van der Waals surface area contributed by atoms with Gasteiger partial charge in [0.15, 0.2) is 0 Å². The molecule has 0 saturated carbocycles. The first-order valence-electron chi connectivity index (χ1n) is 5.84. The topological polar surface area (TPSA) is 55.4 Å². The lowest BCUT2D eigenvalue weighted by molar-refractivity contribution is -0.105. The molecule has 5 heteroatoms. The third kappa shape index (κ3) is 2.83. The fraction of sp³-hybridized carbons (Fsp3) is 0.0667. The van der Waals surface area contributed by atoms with E-state index < -0.39 is 11.8 Å². The number of rotatable bonds is 4. The fourth-order valence-corrected chi connectivity index (χ4v) is 1.80. The second-order valence-corrected chi connectivity index (χ2v) is 4.03. The molecule has 1 N–H and O–H groups in total. The third-order valence-corrected chi connectivity index (χ3v) is 2.82. The molecule has 0 heterocycles. The zero-order valence-electron chi connectivity index (χ0n) is 10.7. The zero-order chi connectivity index (χ0) is 14.5. The molecule has 0 aromatic heterocycles. The molecule has 0 radical (unpaired) electrons. The number of hydrogen-bond acceptors (Lipinski definition) is 3. The Labute approximate surface area is 115 Å². The molecule has 4 nitrogen and oxygen atoms in total. The van der Waals surface area contributed by atoms with Crippen molar-refractivity contribution in [1.29, 1.82) is 0 Å². The average Bonchev–Trinajstić information content (AvgIpc) is 2.47. The van der Waals surface area contributed by atoms with Crippen molar-refractivity contribution in [2.75, 3.05) is 12.4 Å². The smallest absolute Gasteiger partial charge is 0.340 e. The van der Waals surface area contributed by atoms with Crippen molar-refractivity contribution in [1.82, 2.24) is 0 Å². The van der Waals surface area contributed by atoms with Gasteiger partial charge in [-0.1, -0.05) is 18.2 Å². The highest BCUT2D eigenvalue weighted by molar-refractivity contribution is 5.90. The normalized spacial score (nSPS) is 9.90. The lowest BCUT2D eigenvalue weighted by Gasteiger charge is -2.06. The number of halogens is 1. The number of anilines is 1. The van der Waals surface area contributed by atoms with Crippen LogP contribution in [0, 0.1) is 5.82 Å². The number of hydrogen-bond donors (Lipinski definition) is 1. The molecule has 0 aliphatic heterocycles. The van der Waals surface area contributed by atoms with Crippen LogP contribution in [-0.2, 0) is 9.53 Å². The van der Waals surface area contributed by atoms with Crippen LogP contribution in [0.1, 0.15) is 10.4 Å². The first-order chi connectivity index (χ1) is 9.65. The van der Waals surface area contributed by atoms with Gasteiger partial charge in [0.2, 0.25) is 6.41 Å². The molecule has 0 saturated heterocycles. The van der Waals surface area contributed by atoms with Crippen LogP contribution in [-0.4, -0.2) is 19.5 Å². The summed E-state index contributed by atoms with van der Waals surface area (Å²) in [5.74, 6) is -1.34. The molecule has 102 valence electrons. The maximum absolute atomic E-state index is 13.8. The van der Waals surface area contributed by atoms with Gasteiger partial charge in [-0.05, 0) is 35.4 Å². The van der Waals surface area contributed by atoms with E-state index in [1.54, 1.807) is 30.3 Å². The Morgan fingerprint density at radius 3 is 2.35 bits per heavy atom. The zero-order valence-corrected chi connectivity index (χ0v) is 10.7. The highest BCUT2D eigenvalue weighted by Gasteiger charge is 2.12. The summed E-state index contributed by atoms with van der Waals surface area (Å²) in [6.45, 7) is 0. The minimum Gasteiger partial charge on any atom is -0.465 e. The maximum Gasteiger partial charge on any atom is 0.340 e. The Balaban J connectivity index is 2.31. The first-order valence-corrected chi connectivity index (χ1v) is 5.84. The van der Waals surface area contributed by atoms with Crippen molar-refractivity contribution in [3.8, 4) is 11.1 Å². The van der Waals surface area contributed by atoms with Gasteiger partial charge in [0.05, 0.1) is 12.7 Å². The summed E-state index contributed by atoms with van der Waals surface area (Å²) in [6.07, 6.45) is 0.583. The molecule has 1 amide bonds. The standard InChI is InChI=1S/C15H12FNO3/c1-20-15(19)13-7-4-11(8-14(13)16)10-2-5-12(6-3-10)17-9-18/h2-9H,1H3,(H,17,18). The van der Waals surface area contributed by atoms with Crippen molar-refractivity contribution >= 4 is 18.1 Å². The van der Waals surface area contributed by atoms with Crippen LogP contribution in [0.15, 0.2) is 42.5 Å². The minimum atomic E-state index is -0.709. The van der Waals surface area contributed by atoms with Crippen LogP contribution in [0.3, 0.4) is 0 Å². The van der Waals surface area contributed by atoms with Gasteiger partial charge in [-0.25, -0.2) is 9.18 Å². The van der Waals surface area contributed by atoms with E-state index in [1.165, 1.54) is 19.2 Å². The molecule has 0 spiro atoms. The Hall–Kier alpha value is -2.69. The van der Waals surface area contributed by atoms with Gasteiger partial charge in [-0.2, -0.15) is 0 Å². The van der Waals surface area contributed by atoms with E-state index in [9.17, 15) is 14.0 Å². The van der Waals surface area contributed by atoms with Crippen LogP contribution < -0.4 is 5.32 Å². The van der Waals surface area contributed by atoms with Gasteiger partial charge in [-0.15, -0.1) is 0 Å². The van der Waals surface area contributed by atoms with Crippen LogP contribution >= 0.6 is 0 Å². The minimum absolute atomic E-state index is 0.101. The van der Waals surface area contributed by atoms with Gasteiger partial charge < -0.3 is 10.1 Å². The highest BCUT2D eigenvalue weighted by atomic mass is 19.1. The lowest BCUT2D eigenvalue weighted by Crippen LogP contribution is -2.04. The van der Waals surface area contributed by atoms with Crippen molar-refractivity contribution in [3.63, 3.8) is 0 Å². The summed E-state index contributed by atoms with van der Waals surface area (Å²) in [4.78, 5) is 21.6. The second-order valence-electron chi connectivity index (χ2n) is 4.03. The molecule has 20 heavy (non-hydrogen) atoms. The van der Waals surface area contributed by atoms with Crippen molar-refractivity contribution in [3.05, 3.63) is 53.8 Å². The Morgan fingerprint density at radius 1 is 1.15 bits per heavy atom. The number of benzene rings is 2. The summed E-state index contributed by atoms with van der Waals surface area (Å²) < 4.78 is 18.3. The number of carbonyl (C=O) groups is 2. The molecule has 0 unspecified atom stereocenters. The second kappa shape index (κ2) is 5.97. The molecule has 0 aliphatic rings. The van der Waals surface area contributed by atoms with Crippen LogP contribution in [0.4, 0.5) is 10.1 Å². The molecule has 2 aromatic rings. The van der Waals surface area contributed by atoms with Gasteiger partial charge >= 0.3 is 5.97 Å². The van der Waals surface area contributed by atoms with E-state index in [4.69, 9.17) is 0 Å². The van der Waals surface area contributed by atoms with E-state index in [2.05, 4.69) is 10.1 Å². The summed E-state index contributed by atoms with van der Waals surface area (Å²) in [5.41, 5.74) is 1.95. The summed E-state index contributed by atoms with van der Waals surface area (Å²) in [5, 5.41) is 2.51. The molecule has 0 fully saturated rings. The van der Waals surface area contributed by atoms with Crippen molar-refractivity contribution < 1.29 is 18.7 Å².